The Bertz CT molecular complexity index is 637. The van der Waals surface area contributed by atoms with Crippen LogP contribution in [0.3, 0.4) is 0 Å². The Morgan fingerprint density at radius 3 is 2.95 bits per heavy atom. The molecule has 1 heterocycles. The van der Waals surface area contributed by atoms with Gasteiger partial charge in [-0.25, -0.2) is 13.9 Å². The van der Waals surface area contributed by atoms with Crippen molar-refractivity contribution in [2.75, 3.05) is 6.61 Å². The van der Waals surface area contributed by atoms with Crippen molar-refractivity contribution in [3.63, 3.8) is 0 Å². The molecule has 104 valence electrons. The third-order valence-electron chi connectivity index (χ3n) is 2.79. The van der Waals surface area contributed by atoms with Crippen LogP contribution < -0.4 is 0 Å². The van der Waals surface area contributed by atoms with Crippen LogP contribution in [0.4, 0.5) is 4.39 Å². The Hall–Kier alpha value is -2.50. The summed E-state index contributed by atoms with van der Waals surface area (Å²) in [5.41, 5.74) is 1.14. The summed E-state index contributed by atoms with van der Waals surface area (Å²) in [6.07, 6.45) is 1.47. The van der Waals surface area contributed by atoms with Gasteiger partial charge in [-0.1, -0.05) is 36.1 Å². The lowest BCUT2D eigenvalue weighted by molar-refractivity contribution is 0.0542. The first-order valence-corrected chi connectivity index (χ1v) is 6.05. The number of benzene rings is 1. The van der Waals surface area contributed by atoms with E-state index in [1.807, 2.05) is 0 Å². The molecule has 0 spiro atoms. The van der Waals surface area contributed by atoms with Gasteiger partial charge < -0.3 is 4.74 Å². The highest BCUT2D eigenvalue weighted by Gasteiger charge is 2.18. The lowest BCUT2D eigenvalue weighted by Gasteiger charge is -2.05. The van der Waals surface area contributed by atoms with Crippen molar-refractivity contribution in [3.8, 4) is 0 Å². The summed E-state index contributed by atoms with van der Waals surface area (Å²) in [4.78, 5) is 11.7. The number of carbonyl (C=O) groups is 1. The maximum absolute atomic E-state index is 13.6. The largest absolute Gasteiger partial charge is 0.457 e. The van der Waals surface area contributed by atoms with Crippen molar-refractivity contribution in [2.45, 2.75) is 13.5 Å². The zero-order valence-corrected chi connectivity index (χ0v) is 11.0. The zero-order valence-electron chi connectivity index (χ0n) is 11.0. The van der Waals surface area contributed by atoms with Crippen LogP contribution in [0.25, 0.3) is 0 Å². The lowest BCUT2D eigenvalue weighted by Crippen LogP contribution is -2.09. The average Bonchev–Trinajstić information content (AvgIpc) is 2.80. The van der Waals surface area contributed by atoms with Crippen molar-refractivity contribution in [3.05, 3.63) is 59.7 Å². The molecule has 0 saturated heterocycles. The fraction of sp³-hybridized carbons (Fsp3) is 0.214. The highest BCUT2D eigenvalue weighted by atomic mass is 19.1. The number of hydrogen-bond acceptors (Lipinski definition) is 4. The molecule has 0 amide bonds. The predicted octanol–water partition coefficient (Wildman–Crippen LogP) is 2.12. The normalized spacial score (nSPS) is 10.3. The van der Waals surface area contributed by atoms with E-state index in [2.05, 4.69) is 16.9 Å². The third kappa shape index (κ3) is 2.90. The maximum atomic E-state index is 13.6. The molecule has 5 nitrogen and oxygen atoms in total. The smallest absolute Gasteiger partial charge is 0.361 e. The van der Waals surface area contributed by atoms with Gasteiger partial charge in [0.15, 0.2) is 5.69 Å². The van der Waals surface area contributed by atoms with Crippen LogP contribution in [0.15, 0.2) is 36.9 Å². The standard InChI is InChI=1S/C14H14FN3O2/c1-3-8-20-14(19)13-10(2)18(17-16-13)9-11-6-4-5-7-12(11)15/h3-7H,1,8-9H2,2H3. The fourth-order valence-electron chi connectivity index (χ4n) is 1.69. The fourth-order valence-corrected chi connectivity index (χ4v) is 1.69. The SMILES string of the molecule is C=CCOC(=O)c1nnn(Cc2ccccc2F)c1C. The number of aromatic nitrogens is 3. The van der Waals surface area contributed by atoms with E-state index >= 15 is 0 Å². The van der Waals surface area contributed by atoms with Gasteiger partial charge in [0.05, 0.1) is 12.2 Å². The highest BCUT2D eigenvalue weighted by molar-refractivity contribution is 5.88. The van der Waals surface area contributed by atoms with Gasteiger partial charge in [-0.15, -0.1) is 5.10 Å². The molecule has 0 bridgehead atoms. The number of halogens is 1. The molecule has 2 rings (SSSR count). The monoisotopic (exact) mass is 275 g/mol. The van der Waals surface area contributed by atoms with Gasteiger partial charge in [0.1, 0.15) is 12.4 Å². The van der Waals surface area contributed by atoms with E-state index in [4.69, 9.17) is 4.74 Å². The Balaban J connectivity index is 2.19. The average molecular weight is 275 g/mol. The molecule has 0 N–H and O–H groups in total. The summed E-state index contributed by atoms with van der Waals surface area (Å²) in [7, 11) is 0. The Kier molecular flexibility index (Phi) is 4.24. The van der Waals surface area contributed by atoms with E-state index in [1.54, 1.807) is 25.1 Å². The van der Waals surface area contributed by atoms with Crippen LogP contribution in [0, 0.1) is 12.7 Å². The molecule has 0 aliphatic heterocycles. The van der Waals surface area contributed by atoms with Crippen LogP contribution >= 0.6 is 0 Å². The maximum Gasteiger partial charge on any atom is 0.361 e. The number of rotatable bonds is 5. The molecule has 6 heteroatoms. The van der Waals surface area contributed by atoms with Gasteiger partial charge in [-0.2, -0.15) is 0 Å². The molecule has 0 atom stereocenters. The molecular formula is C14H14FN3O2. The number of esters is 1. The minimum absolute atomic E-state index is 0.110. The molecule has 0 unspecified atom stereocenters. The van der Waals surface area contributed by atoms with Gasteiger partial charge in [0, 0.05) is 5.56 Å². The first-order chi connectivity index (χ1) is 9.63. The van der Waals surface area contributed by atoms with Crippen molar-refractivity contribution in [2.24, 2.45) is 0 Å². The van der Waals surface area contributed by atoms with E-state index in [9.17, 15) is 9.18 Å². The van der Waals surface area contributed by atoms with Crippen LogP contribution in [-0.2, 0) is 11.3 Å². The van der Waals surface area contributed by atoms with Crippen molar-refractivity contribution >= 4 is 5.97 Å². The van der Waals surface area contributed by atoms with Crippen molar-refractivity contribution in [1.29, 1.82) is 0 Å². The molecule has 0 radical (unpaired) electrons. The van der Waals surface area contributed by atoms with Crippen molar-refractivity contribution in [1.82, 2.24) is 15.0 Å². The zero-order chi connectivity index (χ0) is 14.5. The third-order valence-corrected chi connectivity index (χ3v) is 2.79. The van der Waals surface area contributed by atoms with Gasteiger partial charge in [0.25, 0.3) is 0 Å². The van der Waals surface area contributed by atoms with Crippen LogP contribution in [-0.4, -0.2) is 27.6 Å². The van der Waals surface area contributed by atoms with Gasteiger partial charge in [-0.3, -0.25) is 0 Å². The summed E-state index contributed by atoms with van der Waals surface area (Å²) in [6, 6.07) is 6.39. The van der Waals surface area contributed by atoms with E-state index in [1.165, 1.54) is 16.8 Å². The summed E-state index contributed by atoms with van der Waals surface area (Å²) in [6.45, 7) is 5.46. The Labute approximate surface area is 115 Å². The molecule has 0 saturated carbocycles. The Morgan fingerprint density at radius 1 is 1.50 bits per heavy atom. The molecule has 0 fully saturated rings. The second kappa shape index (κ2) is 6.10. The highest BCUT2D eigenvalue weighted by Crippen LogP contribution is 2.11. The quantitative estimate of drug-likeness (QED) is 0.619. The summed E-state index contributed by atoms with van der Waals surface area (Å²) in [5.74, 6) is -0.889. The molecular weight excluding hydrogens is 261 g/mol. The molecule has 2 aromatic rings. The van der Waals surface area contributed by atoms with Crippen LogP contribution in [0.5, 0.6) is 0 Å². The first kappa shape index (κ1) is 13.9. The summed E-state index contributed by atoms with van der Waals surface area (Å²) < 4.78 is 19.9. The molecule has 0 aliphatic carbocycles. The second-order valence-electron chi connectivity index (χ2n) is 4.16. The molecule has 0 aliphatic rings. The molecule has 1 aromatic carbocycles. The van der Waals surface area contributed by atoms with E-state index < -0.39 is 5.97 Å². The van der Waals surface area contributed by atoms with E-state index in [0.29, 0.717) is 11.3 Å². The van der Waals surface area contributed by atoms with Crippen LogP contribution in [0.2, 0.25) is 0 Å². The van der Waals surface area contributed by atoms with Gasteiger partial charge in [-0.05, 0) is 13.0 Å². The van der Waals surface area contributed by atoms with Crippen LogP contribution in [0.1, 0.15) is 21.7 Å². The number of carbonyl (C=O) groups excluding carboxylic acids is 1. The summed E-state index contributed by atoms with van der Waals surface area (Å²) >= 11 is 0. The molecule has 20 heavy (non-hydrogen) atoms. The first-order valence-electron chi connectivity index (χ1n) is 6.05. The van der Waals surface area contributed by atoms with E-state index in [-0.39, 0.29) is 24.7 Å². The number of hydrogen-bond donors (Lipinski definition) is 0. The lowest BCUT2D eigenvalue weighted by atomic mass is 10.2. The topological polar surface area (TPSA) is 57.0 Å². The molecule has 1 aromatic heterocycles. The second-order valence-corrected chi connectivity index (χ2v) is 4.16. The van der Waals surface area contributed by atoms with E-state index in [0.717, 1.165) is 0 Å². The predicted molar refractivity (Wildman–Crippen MR) is 70.7 cm³/mol. The van der Waals surface area contributed by atoms with Gasteiger partial charge in [0.2, 0.25) is 0 Å². The minimum Gasteiger partial charge on any atom is -0.457 e. The minimum atomic E-state index is -0.567. The Morgan fingerprint density at radius 2 is 2.25 bits per heavy atom. The number of ether oxygens (including phenoxy) is 1. The van der Waals surface area contributed by atoms with Crippen molar-refractivity contribution < 1.29 is 13.9 Å². The number of nitrogens with zero attached hydrogens (tertiary/aromatic N) is 3. The van der Waals surface area contributed by atoms with Gasteiger partial charge >= 0.3 is 5.97 Å². The summed E-state index contributed by atoms with van der Waals surface area (Å²) in [5, 5.41) is 7.63.